The van der Waals surface area contributed by atoms with Crippen molar-refractivity contribution in [3.05, 3.63) is 44.3 Å². The summed E-state index contributed by atoms with van der Waals surface area (Å²) in [5, 5.41) is 3.24. The van der Waals surface area contributed by atoms with Crippen LogP contribution >= 0.6 is 27.3 Å². The molecule has 20 heavy (non-hydrogen) atoms. The van der Waals surface area contributed by atoms with Gasteiger partial charge in [0, 0.05) is 21.5 Å². The Labute approximate surface area is 132 Å². The van der Waals surface area contributed by atoms with Gasteiger partial charge in [0.25, 0.3) is 0 Å². The molecular weight excluding hydrogens is 336 g/mol. The summed E-state index contributed by atoms with van der Waals surface area (Å²) >= 11 is 5.16. The monoisotopic (exact) mass is 354 g/mol. The SMILES string of the molecule is CCCc1nc(COc2ccc(Br)cc2[C@H](C)N)cs1. The zero-order valence-electron chi connectivity index (χ0n) is 11.7. The molecule has 2 N–H and O–H groups in total. The number of hydrogen-bond donors (Lipinski definition) is 1. The molecule has 108 valence electrons. The third-order valence-electron chi connectivity index (χ3n) is 2.90. The number of nitrogens with two attached hydrogens (primary N) is 1. The highest BCUT2D eigenvalue weighted by Crippen LogP contribution is 2.28. The average Bonchev–Trinajstić information content (AvgIpc) is 2.85. The zero-order chi connectivity index (χ0) is 14.5. The van der Waals surface area contributed by atoms with E-state index in [4.69, 9.17) is 10.5 Å². The van der Waals surface area contributed by atoms with Gasteiger partial charge in [0.1, 0.15) is 12.4 Å². The minimum atomic E-state index is -0.0615. The van der Waals surface area contributed by atoms with Crippen molar-refractivity contribution >= 4 is 27.3 Å². The lowest BCUT2D eigenvalue weighted by atomic mass is 10.1. The molecule has 0 bridgehead atoms. The first-order valence-corrected chi connectivity index (χ1v) is 8.38. The fourth-order valence-corrected chi connectivity index (χ4v) is 3.17. The van der Waals surface area contributed by atoms with Gasteiger partial charge < -0.3 is 10.5 Å². The van der Waals surface area contributed by atoms with E-state index in [9.17, 15) is 0 Å². The van der Waals surface area contributed by atoms with Crippen LogP contribution in [0.15, 0.2) is 28.1 Å². The topological polar surface area (TPSA) is 48.1 Å². The van der Waals surface area contributed by atoms with E-state index in [0.29, 0.717) is 6.61 Å². The normalized spacial score (nSPS) is 12.4. The van der Waals surface area contributed by atoms with Crippen LogP contribution in [-0.4, -0.2) is 4.98 Å². The summed E-state index contributed by atoms with van der Waals surface area (Å²) in [6.07, 6.45) is 2.16. The van der Waals surface area contributed by atoms with E-state index in [-0.39, 0.29) is 6.04 Å². The van der Waals surface area contributed by atoms with Crippen molar-refractivity contribution in [2.45, 2.75) is 39.3 Å². The molecule has 0 unspecified atom stereocenters. The van der Waals surface area contributed by atoms with Crippen LogP contribution in [0, 0.1) is 0 Å². The Morgan fingerprint density at radius 1 is 1.45 bits per heavy atom. The molecule has 2 rings (SSSR count). The minimum Gasteiger partial charge on any atom is -0.487 e. The Bertz CT molecular complexity index is 569. The maximum Gasteiger partial charge on any atom is 0.131 e. The van der Waals surface area contributed by atoms with Crippen molar-refractivity contribution in [2.24, 2.45) is 5.73 Å². The van der Waals surface area contributed by atoms with Crippen molar-refractivity contribution in [1.82, 2.24) is 4.98 Å². The number of aromatic nitrogens is 1. The van der Waals surface area contributed by atoms with E-state index in [2.05, 4.69) is 33.2 Å². The Kier molecular flexibility index (Phi) is 5.57. The second kappa shape index (κ2) is 7.20. The van der Waals surface area contributed by atoms with E-state index in [0.717, 1.165) is 34.3 Å². The van der Waals surface area contributed by atoms with Gasteiger partial charge in [-0.3, -0.25) is 0 Å². The highest BCUT2D eigenvalue weighted by Gasteiger charge is 2.10. The molecule has 1 aromatic heterocycles. The Morgan fingerprint density at radius 3 is 2.95 bits per heavy atom. The molecule has 0 saturated carbocycles. The molecule has 0 aliphatic heterocycles. The number of rotatable bonds is 6. The quantitative estimate of drug-likeness (QED) is 0.832. The number of aryl methyl sites for hydroxylation is 1. The number of nitrogens with zero attached hydrogens (tertiary/aromatic N) is 1. The predicted octanol–water partition coefficient (Wildman–Crippen LogP) is 4.46. The summed E-state index contributed by atoms with van der Waals surface area (Å²) in [4.78, 5) is 4.56. The maximum absolute atomic E-state index is 5.98. The molecule has 0 saturated heterocycles. The Balaban J connectivity index is 2.06. The van der Waals surface area contributed by atoms with Crippen LogP contribution in [0.4, 0.5) is 0 Å². The van der Waals surface area contributed by atoms with Crippen molar-refractivity contribution < 1.29 is 4.74 Å². The van der Waals surface area contributed by atoms with Crippen LogP contribution in [-0.2, 0) is 13.0 Å². The molecule has 0 spiro atoms. The number of hydrogen-bond acceptors (Lipinski definition) is 4. The molecule has 0 fully saturated rings. The average molecular weight is 355 g/mol. The Morgan fingerprint density at radius 2 is 2.25 bits per heavy atom. The number of benzene rings is 1. The van der Waals surface area contributed by atoms with E-state index in [1.807, 2.05) is 25.1 Å². The first kappa shape index (κ1) is 15.5. The Hall–Kier alpha value is -0.910. The van der Waals surface area contributed by atoms with Gasteiger partial charge in [-0.1, -0.05) is 22.9 Å². The molecular formula is C15H19BrN2OS. The van der Waals surface area contributed by atoms with Crippen molar-refractivity contribution in [2.75, 3.05) is 0 Å². The summed E-state index contributed by atoms with van der Waals surface area (Å²) in [6.45, 7) is 4.60. The van der Waals surface area contributed by atoms with Gasteiger partial charge in [-0.25, -0.2) is 4.98 Å². The van der Waals surface area contributed by atoms with Crippen molar-refractivity contribution in [1.29, 1.82) is 0 Å². The summed E-state index contributed by atoms with van der Waals surface area (Å²) in [7, 11) is 0. The van der Waals surface area contributed by atoms with Gasteiger partial charge in [0.05, 0.1) is 10.7 Å². The molecule has 0 radical (unpaired) electrons. The van der Waals surface area contributed by atoms with Crippen molar-refractivity contribution in [3.63, 3.8) is 0 Å². The van der Waals surface area contributed by atoms with Crippen LogP contribution in [0.3, 0.4) is 0 Å². The van der Waals surface area contributed by atoms with E-state index < -0.39 is 0 Å². The molecule has 1 atom stereocenters. The largest absolute Gasteiger partial charge is 0.487 e. The van der Waals surface area contributed by atoms with E-state index in [1.54, 1.807) is 11.3 Å². The molecule has 0 aliphatic carbocycles. The maximum atomic E-state index is 5.98. The lowest BCUT2D eigenvalue weighted by molar-refractivity contribution is 0.297. The minimum absolute atomic E-state index is 0.0615. The van der Waals surface area contributed by atoms with Crippen LogP contribution in [0.2, 0.25) is 0 Å². The van der Waals surface area contributed by atoms with E-state index in [1.165, 1.54) is 5.01 Å². The molecule has 2 aromatic rings. The number of thiazole rings is 1. The first-order valence-electron chi connectivity index (χ1n) is 6.71. The van der Waals surface area contributed by atoms with E-state index >= 15 is 0 Å². The molecule has 1 aromatic carbocycles. The van der Waals surface area contributed by atoms with Gasteiger partial charge in [0.15, 0.2) is 0 Å². The number of ether oxygens (including phenoxy) is 1. The highest BCUT2D eigenvalue weighted by atomic mass is 79.9. The second-order valence-electron chi connectivity index (χ2n) is 4.74. The third-order valence-corrected chi connectivity index (χ3v) is 4.35. The lowest BCUT2D eigenvalue weighted by Gasteiger charge is -2.13. The smallest absolute Gasteiger partial charge is 0.131 e. The highest BCUT2D eigenvalue weighted by molar-refractivity contribution is 9.10. The van der Waals surface area contributed by atoms with Gasteiger partial charge in [-0.2, -0.15) is 0 Å². The van der Waals surface area contributed by atoms with Gasteiger partial charge in [-0.05, 0) is 38.0 Å². The number of halogens is 1. The molecule has 0 aliphatic rings. The van der Waals surface area contributed by atoms with Crippen LogP contribution in [0.5, 0.6) is 5.75 Å². The molecule has 0 amide bonds. The fraction of sp³-hybridized carbons (Fsp3) is 0.400. The molecule has 1 heterocycles. The van der Waals surface area contributed by atoms with Crippen LogP contribution < -0.4 is 10.5 Å². The molecule has 5 heteroatoms. The molecule has 3 nitrogen and oxygen atoms in total. The van der Waals surface area contributed by atoms with Gasteiger partial charge in [-0.15, -0.1) is 11.3 Å². The summed E-state index contributed by atoms with van der Waals surface area (Å²) in [5.41, 5.74) is 7.97. The second-order valence-corrected chi connectivity index (χ2v) is 6.60. The lowest BCUT2D eigenvalue weighted by Crippen LogP contribution is -2.08. The third kappa shape index (κ3) is 4.04. The predicted molar refractivity (Wildman–Crippen MR) is 87.2 cm³/mol. The summed E-state index contributed by atoms with van der Waals surface area (Å²) in [6, 6.07) is 5.85. The van der Waals surface area contributed by atoms with Gasteiger partial charge in [0.2, 0.25) is 0 Å². The van der Waals surface area contributed by atoms with Gasteiger partial charge >= 0.3 is 0 Å². The first-order chi connectivity index (χ1) is 9.60. The van der Waals surface area contributed by atoms with Crippen molar-refractivity contribution in [3.8, 4) is 5.75 Å². The summed E-state index contributed by atoms with van der Waals surface area (Å²) < 4.78 is 6.88. The standard InChI is InChI=1S/C15H19BrN2OS/c1-3-4-15-18-12(9-20-15)8-19-14-6-5-11(16)7-13(14)10(2)17/h5-7,9-10H,3-4,8,17H2,1-2H3/t10-/m0/s1. The fourth-order valence-electron chi connectivity index (χ4n) is 1.90. The van der Waals surface area contributed by atoms with Crippen LogP contribution in [0.1, 0.15) is 42.6 Å². The summed E-state index contributed by atoms with van der Waals surface area (Å²) in [5.74, 6) is 0.827. The zero-order valence-corrected chi connectivity index (χ0v) is 14.1. The van der Waals surface area contributed by atoms with Crippen LogP contribution in [0.25, 0.3) is 0 Å².